The predicted octanol–water partition coefficient (Wildman–Crippen LogP) is 5.18. The standard InChI is InChI=1S/C35H41N5O7S/c1-24(2)32(38-35(43)47-22-21-46-20-19-45-18-17-44-4)34(42)40-30-23-26(48-31-11-6-5-10-28(31)33(41)36-3)13-14-27(30)29(39-40)15-12-25-9-7-8-16-37-25/h5-16,23-24,32H,17-22H2,1-4H3,(H,36,41)(H,38,43)/b15-12+/t32-/m0/s1. The molecule has 0 bridgehead atoms. The topological polar surface area (TPSA) is 143 Å². The van der Waals surface area contributed by atoms with Crippen LogP contribution in [-0.4, -0.2) is 92.5 Å². The number of amides is 2. The van der Waals surface area contributed by atoms with Gasteiger partial charge in [-0.05, 0) is 60.5 Å². The van der Waals surface area contributed by atoms with E-state index in [1.165, 1.54) is 16.4 Å². The molecule has 2 N–H and O–H groups in total. The molecule has 13 heteroatoms. The lowest BCUT2D eigenvalue weighted by molar-refractivity contribution is 0.0127. The summed E-state index contributed by atoms with van der Waals surface area (Å²) >= 11 is 1.40. The van der Waals surface area contributed by atoms with Gasteiger partial charge in [0.1, 0.15) is 12.6 Å². The van der Waals surface area contributed by atoms with Crippen molar-refractivity contribution in [3.05, 3.63) is 83.8 Å². The lowest BCUT2D eigenvalue weighted by Crippen LogP contribution is -2.47. The quantitative estimate of drug-likeness (QED) is 0.144. The Labute approximate surface area is 284 Å². The summed E-state index contributed by atoms with van der Waals surface area (Å²) in [6, 6.07) is 17.6. The van der Waals surface area contributed by atoms with Crippen molar-refractivity contribution in [1.82, 2.24) is 25.4 Å². The Morgan fingerprint density at radius 3 is 2.35 bits per heavy atom. The smallest absolute Gasteiger partial charge is 0.407 e. The number of fused-ring (bicyclic) bond motifs is 1. The highest BCUT2D eigenvalue weighted by Gasteiger charge is 2.29. The minimum atomic E-state index is -0.936. The maximum absolute atomic E-state index is 14.1. The molecular formula is C35H41N5O7S. The zero-order valence-corrected chi connectivity index (χ0v) is 28.3. The van der Waals surface area contributed by atoms with Crippen molar-refractivity contribution < 1.29 is 33.3 Å². The lowest BCUT2D eigenvalue weighted by Gasteiger charge is -2.21. The third-order valence-corrected chi connectivity index (χ3v) is 8.11. The van der Waals surface area contributed by atoms with Crippen molar-refractivity contribution in [1.29, 1.82) is 0 Å². The summed E-state index contributed by atoms with van der Waals surface area (Å²) in [4.78, 5) is 45.2. The number of benzene rings is 2. The molecule has 0 aliphatic heterocycles. The number of aromatic nitrogens is 3. The highest BCUT2D eigenvalue weighted by molar-refractivity contribution is 7.99. The maximum Gasteiger partial charge on any atom is 0.407 e. The molecule has 0 aliphatic carbocycles. The van der Waals surface area contributed by atoms with Crippen molar-refractivity contribution in [3.8, 4) is 0 Å². The largest absolute Gasteiger partial charge is 0.447 e. The van der Waals surface area contributed by atoms with Crippen molar-refractivity contribution in [2.24, 2.45) is 5.92 Å². The average Bonchev–Trinajstić information content (AvgIpc) is 3.46. The van der Waals surface area contributed by atoms with E-state index in [1.807, 2.05) is 74.5 Å². The molecule has 2 aromatic heterocycles. The fraction of sp³-hybridized carbons (Fsp3) is 0.343. The van der Waals surface area contributed by atoms with E-state index >= 15 is 0 Å². The van der Waals surface area contributed by atoms with Crippen molar-refractivity contribution in [3.63, 3.8) is 0 Å². The van der Waals surface area contributed by atoms with Gasteiger partial charge in [-0.15, -0.1) is 0 Å². The minimum Gasteiger partial charge on any atom is -0.447 e. The van der Waals surface area contributed by atoms with Gasteiger partial charge in [0.15, 0.2) is 0 Å². The SMILES string of the molecule is CNC(=O)c1ccccc1Sc1ccc2c(/C=C/c3ccccn3)nn(C(=O)[C@@H](NC(=O)OCCOCCOCCOC)C(C)C)c2c1. The van der Waals surface area contributed by atoms with Crippen molar-refractivity contribution in [2.45, 2.75) is 29.7 Å². The second-order valence-corrected chi connectivity index (χ2v) is 11.9. The molecule has 254 valence electrons. The van der Waals surface area contributed by atoms with Crippen LogP contribution in [0.1, 0.15) is 40.4 Å². The first-order valence-electron chi connectivity index (χ1n) is 15.5. The zero-order valence-electron chi connectivity index (χ0n) is 27.5. The van der Waals surface area contributed by atoms with Crippen LogP contribution in [0.15, 0.2) is 76.7 Å². The van der Waals surface area contributed by atoms with Crippen molar-refractivity contribution in [2.75, 3.05) is 53.8 Å². The predicted molar refractivity (Wildman–Crippen MR) is 184 cm³/mol. The first kappa shape index (κ1) is 36.3. The van der Waals surface area contributed by atoms with Gasteiger partial charge >= 0.3 is 6.09 Å². The average molecular weight is 676 g/mol. The Morgan fingerprint density at radius 2 is 1.65 bits per heavy atom. The first-order chi connectivity index (χ1) is 23.3. The molecule has 4 rings (SSSR count). The number of carbonyl (C=O) groups is 3. The molecule has 0 fully saturated rings. The maximum atomic E-state index is 14.1. The lowest BCUT2D eigenvalue weighted by atomic mass is 10.0. The summed E-state index contributed by atoms with van der Waals surface area (Å²) in [5, 5.41) is 10.8. The van der Waals surface area contributed by atoms with E-state index in [0.29, 0.717) is 43.2 Å². The summed E-state index contributed by atoms with van der Waals surface area (Å²) in [7, 11) is 3.19. The Bertz CT molecular complexity index is 1690. The summed E-state index contributed by atoms with van der Waals surface area (Å²) in [5.74, 6) is -0.909. The summed E-state index contributed by atoms with van der Waals surface area (Å²) in [5.41, 5.74) is 2.37. The van der Waals surface area contributed by atoms with Gasteiger partial charge in [-0.1, -0.05) is 43.8 Å². The summed E-state index contributed by atoms with van der Waals surface area (Å²) in [6.07, 6.45) is 4.58. The molecule has 0 radical (unpaired) electrons. The van der Waals surface area contributed by atoms with Crippen LogP contribution in [0.2, 0.25) is 0 Å². The fourth-order valence-corrected chi connectivity index (χ4v) is 5.57. The Balaban J connectivity index is 1.55. The van der Waals surface area contributed by atoms with Gasteiger partial charge in [-0.25, -0.2) is 4.79 Å². The zero-order chi connectivity index (χ0) is 34.3. The number of pyridine rings is 1. The molecule has 0 aliphatic rings. The Hall–Kier alpha value is -4.56. The second-order valence-electron chi connectivity index (χ2n) is 10.8. The Morgan fingerprint density at radius 1 is 0.917 bits per heavy atom. The van der Waals surface area contributed by atoms with Crippen LogP contribution in [0.3, 0.4) is 0 Å². The second kappa shape index (κ2) is 18.7. The molecule has 0 unspecified atom stereocenters. The van der Waals surface area contributed by atoms with Gasteiger partial charge in [0, 0.05) is 35.5 Å². The molecule has 4 aromatic rings. The molecule has 12 nitrogen and oxygen atoms in total. The molecule has 2 amide bonds. The van der Waals surface area contributed by atoms with Crippen LogP contribution in [0.4, 0.5) is 4.79 Å². The van der Waals surface area contributed by atoms with Crippen LogP contribution in [0.25, 0.3) is 23.1 Å². The monoisotopic (exact) mass is 675 g/mol. The van der Waals surface area contributed by atoms with Crippen LogP contribution in [0, 0.1) is 5.92 Å². The minimum absolute atomic E-state index is 0.00812. The highest BCUT2D eigenvalue weighted by Crippen LogP contribution is 2.34. The fourth-order valence-electron chi connectivity index (χ4n) is 4.59. The number of carbonyl (C=O) groups excluding carboxylic acids is 3. The highest BCUT2D eigenvalue weighted by atomic mass is 32.2. The number of hydrogen-bond donors (Lipinski definition) is 2. The van der Waals surface area contributed by atoms with Gasteiger partial charge in [0.05, 0.1) is 55.5 Å². The van der Waals surface area contributed by atoms with E-state index in [4.69, 9.17) is 24.0 Å². The van der Waals surface area contributed by atoms with E-state index in [1.54, 1.807) is 32.5 Å². The van der Waals surface area contributed by atoms with Gasteiger partial charge in [-0.3, -0.25) is 14.6 Å². The third-order valence-electron chi connectivity index (χ3n) is 7.05. The third kappa shape index (κ3) is 10.2. The number of ether oxygens (including phenoxy) is 4. The molecule has 0 spiro atoms. The van der Waals surface area contributed by atoms with E-state index in [2.05, 4.69) is 15.6 Å². The molecule has 2 heterocycles. The number of rotatable bonds is 17. The van der Waals surface area contributed by atoms with Gasteiger partial charge in [0.2, 0.25) is 0 Å². The van der Waals surface area contributed by atoms with E-state index < -0.39 is 18.0 Å². The number of methoxy groups -OCH3 is 1. The molecular weight excluding hydrogens is 634 g/mol. The van der Waals surface area contributed by atoms with Crippen molar-refractivity contribution >= 4 is 52.7 Å². The normalized spacial score (nSPS) is 12.0. The van der Waals surface area contributed by atoms with E-state index in [9.17, 15) is 14.4 Å². The molecule has 0 saturated carbocycles. The molecule has 2 aromatic carbocycles. The summed E-state index contributed by atoms with van der Waals surface area (Å²) in [6.45, 7) is 5.59. The van der Waals surface area contributed by atoms with Gasteiger partial charge in [0.25, 0.3) is 11.8 Å². The Kier molecular flexibility index (Phi) is 14.1. The molecule has 48 heavy (non-hydrogen) atoms. The van der Waals surface area contributed by atoms with Gasteiger partial charge < -0.3 is 29.6 Å². The number of hydrogen-bond acceptors (Lipinski definition) is 10. The first-order valence-corrected chi connectivity index (χ1v) is 16.4. The van der Waals surface area contributed by atoms with Crippen LogP contribution in [-0.2, 0) is 18.9 Å². The van der Waals surface area contributed by atoms with Gasteiger partial charge in [-0.2, -0.15) is 9.78 Å². The van der Waals surface area contributed by atoms with E-state index in [-0.39, 0.29) is 25.0 Å². The number of nitrogens with one attached hydrogen (secondary N) is 2. The molecule has 0 saturated heterocycles. The van der Waals surface area contributed by atoms with Crippen LogP contribution in [0.5, 0.6) is 0 Å². The number of alkyl carbamates (subject to hydrolysis) is 1. The summed E-state index contributed by atoms with van der Waals surface area (Å²) < 4.78 is 22.3. The van der Waals surface area contributed by atoms with E-state index in [0.717, 1.165) is 20.9 Å². The number of nitrogens with zero attached hydrogens (tertiary/aromatic N) is 3. The van der Waals surface area contributed by atoms with Crippen LogP contribution < -0.4 is 10.6 Å². The van der Waals surface area contributed by atoms with Crippen LogP contribution >= 0.6 is 11.8 Å². The molecule has 1 atom stereocenters.